The molecule has 1 atom stereocenters. The van der Waals surface area contributed by atoms with Crippen molar-refractivity contribution in [3.05, 3.63) is 127 Å². The van der Waals surface area contributed by atoms with Crippen LogP contribution in [0.5, 0.6) is 0 Å². The fourth-order valence-corrected chi connectivity index (χ4v) is 5.68. The smallest absolute Gasteiger partial charge is 0.231 e. The standard InChI is InChI=1S/C32H22N4O/c1-3-9-21(10-4-1)30-26-19-37-20-27(26)33-32(34-30)36-29-14-8-7-13-23(29)24-15-16-28-25(31(24)36)17-18-35(28)22-11-5-2-6-12-22/h1-19,27H,20H2. The topological polar surface area (TPSA) is 43.8 Å². The molecule has 2 aliphatic rings. The summed E-state index contributed by atoms with van der Waals surface area (Å²) in [4.78, 5) is 10.3. The summed E-state index contributed by atoms with van der Waals surface area (Å²) in [6, 6.07) is 35.9. The lowest BCUT2D eigenvalue weighted by molar-refractivity contribution is 0.270. The van der Waals surface area contributed by atoms with Crippen LogP contribution in [-0.4, -0.2) is 33.5 Å². The van der Waals surface area contributed by atoms with Gasteiger partial charge < -0.3 is 9.30 Å². The van der Waals surface area contributed by atoms with Crippen molar-refractivity contribution in [1.82, 2.24) is 9.13 Å². The molecule has 1 unspecified atom stereocenters. The fourth-order valence-electron chi connectivity index (χ4n) is 5.68. The Bertz CT molecular complexity index is 1920. The number of rotatable bonds is 2. The SMILES string of the molecule is C1=C2C(c3ccccc3)=NC(n3c4ccccc4c4ccc5c(ccn5-c5ccccc5)c43)=NC2CO1. The minimum atomic E-state index is -0.0768. The lowest BCUT2D eigenvalue weighted by Crippen LogP contribution is -2.27. The van der Waals surface area contributed by atoms with E-state index in [2.05, 4.69) is 94.2 Å². The van der Waals surface area contributed by atoms with E-state index >= 15 is 0 Å². The van der Waals surface area contributed by atoms with E-state index in [-0.39, 0.29) is 6.04 Å². The van der Waals surface area contributed by atoms with Crippen LogP contribution in [0, 0.1) is 0 Å². The molecule has 176 valence electrons. The third-order valence-electron chi connectivity index (χ3n) is 7.36. The Labute approximate surface area is 213 Å². The normalized spacial score (nSPS) is 17.0. The number of benzene rings is 4. The minimum absolute atomic E-state index is 0.0768. The van der Waals surface area contributed by atoms with Gasteiger partial charge in [-0.15, -0.1) is 0 Å². The van der Waals surface area contributed by atoms with Gasteiger partial charge in [-0.3, -0.25) is 4.57 Å². The van der Waals surface area contributed by atoms with Crippen molar-refractivity contribution >= 4 is 44.4 Å². The van der Waals surface area contributed by atoms with Crippen molar-refractivity contribution in [2.24, 2.45) is 9.98 Å². The molecular formula is C32H22N4O. The van der Waals surface area contributed by atoms with Gasteiger partial charge in [-0.25, -0.2) is 9.98 Å². The van der Waals surface area contributed by atoms with Crippen LogP contribution in [0.3, 0.4) is 0 Å². The first-order valence-electron chi connectivity index (χ1n) is 12.5. The molecule has 4 heterocycles. The largest absolute Gasteiger partial charge is 0.498 e. The van der Waals surface area contributed by atoms with Crippen molar-refractivity contribution < 1.29 is 4.74 Å². The first-order valence-corrected chi connectivity index (χ1v) is 12.5. The number of aliphatic imine (C=N–C) groups is 2. The average molecular weight is 479 g/mol. The Balaban J connectivity index is 1.44. The summed E-state index contributed by atoms with van der Waals surface area (Å²) in [7, 11) is 0. The maximum Gasteiger partial charge on any atom is 0.231 e. The fraction of sp³-hybridized carbons (Fsp3) is 0.0625. The van der Waals surface area contributed by atoms with E-state index in [1.165, 1.54) is 16.2 Å². The molecule has 8 rings (SSSR count). The summed E-state index contributed by atoms with van der Waals surface area (Å²) in [6.45, 7) is 0.529. The van der Waals surface area contributed by atoms with Crippen LogP contribution in [0.4, 0.5) is 0 Å². The summed E-state index contributed by atoms with van der Waals surface area (Å²) < 4.78 is 10.2. The van der Waals surface area contributed by atoms with E-state index in [1.54, 1.807) is 0 Å². The van der Waals surface area contributed by atoms with Gasteiger partial charge in [-0.05, 0) is 30.3 Å². The molecule has 5 nitrogen and oxygen atoms in total. The molecular weight excluding hydrogens is 456 g/mol. The summed E-state index contributed by atoms with van der Waals surface area (Å²) in [6.07, 6.45) is 3.97. The Hall–Kier alpha value is -4.90. The number of hydrogen-bond donors (Lipinski definition) is 0. The molecule has 0 spiro atoms. The third-order valence-corrected chi connectivity index (χ3v) is 7.36. The van der Waals surface area contributed by atoms with E-state index in [9.17, 15) is 0 Å². The highest BCUT2D eigenvalue weighted by Gasteiger charge is 2.31. The molecule has 2 aromatic heterocycles. The van der Waals surface area contributed by atoms with Gasteiger partial charge in [0.1, 0.15) is 12.6 Å². The quantitative estimate of drug-likeness (QED) is 0.272. The van der Waals surface area contributed by atoms with Crippen molar-refractivity contribution in [3.63, 3.8) is 0 Å². The molecule has 0 N–H and O–H groups in total. The van der Waals surface area contributed by atoms with Gasteiger partial charge in [0.25, 0.3) is 0 Å². The Morgan fingerprint density at radius 1 is 0.703 bits per heavy atom. The molecule has 0 aliphatic carbocycles. The zero-order valence-electron chi connectivity index (χ0n) is 20.0. The maximum absolute atomic E-state index is 5.74. The van der Waals surface area contributed by atoms with Gasteiger partial charge in [0.15, 0.2) is 0 Å². The van der Waals surface area contributed by atoms with E-state index in [0.29, 0.717) is 12.6 Å². The van der Waals surface area contributed by atoms with Crippen LogP contribution in [-0.2, 0) is 4.74 Å². The van der Waals surface area contributed by atoms with Crippen molar-refractivity contribution in [1.29, 1.82) is 0 Å². The second-order valence-electron chi connectivity index (χ2n) is 9.45. The molecule has 0 fully saturated rings. The first kappa shape index (κ1) is 20.3. The van der Waals surface area contributed by atoms with Crippen LogP contribution in [0.15, 0.2) is 131 Å². The molecule has 6 aromatic rings. The number of para-hydroxylation sites is 2. The summed E-state index contributed by atoms with van der Waals surface area (Å²) in [5.41, 5.74) is 7.53. The van der Waals surface area contributed by atoms with Crippen LogP contribution in [0.2, 0.25) is 0 Å². The number of hydrogen-bond acceptors (Lipinski definition) is 3. The second-order valence-corrected chi connectivity index (χ2v) is 9.45. The number of ether oxygens (including phenoxy) is 1. The van der Waals surface area contributed by atoms with Gasteiger partial charge >= 0.3 is 0 Å². The number of nitrogens with zero attached hydrogens (tertiary/aromatic N) is 4. The van der Waals surface area contributed by atoms with Gasteiger partial charge in [-0.1, -0.05) is 72.8 Å². The molecule has 5 heteroatoms. The van der Waals surface area contributed by atoms with Gasteiger partial charge in [-0.2, -0.15) is 0 Å². The van der Waals surface area contributed by atoms with E-state index < -0.39 is 0 Å². The summed E-state index contributed by atoms with van der Waals surface area (Å²) in [5, 5.41) is 3.55. The lowest BCUT2D eigenvalue weighted by Gasteiger charge is -2.20. The van der Waals surface area contributed by atoms with Gasteiger partial charge in [0.2, 0.25) is 5.96 Å². The molecule has 0 saturated carbocycles. The second kappa shape index (κ2) is 7.80. The maximum atomic E-state index is 5.74. The molecule has 0 radical (unpaired) electrons. The summed E-state index contributed by atoms with van der Waals surface area (Å²) in [5.74, 6) is 0.692. The van der Waals surface area contributed by atoms with Crippen molar-refractivity contribution in [2.45, 2.75) is 6.04 Å². The molecule has 4 aromatic carbocycles. The van der Waals surface area contributed by atoms with Crippen LogP contribution < -0.4 is 0 Å². The third kappa shape index (κ3) is 2.97. The van der Waals surface area contributed by atoms with Crippen molar-refractivity contribution in [3.8, 4) is 5.69 Å². The first-order chi connectivity index (χ1) is 18.4. The number of fused-ring (bicyclic) bond motifs is 6. The van der Waals surface area contributed by atoms with Crippen LogP contribution in [0.25, 0.3) is 38.4 Å². The van der Waals surface area contributed by atoms with E-state index in [1.807, 2.05) is 30.5 Å². The van der Waals surface area contributed by atoms with Gasteiger partial charge in [0.05, 0.1) is 28.5 Å². The Morgan fingerprint density at radius 2 is 1.49 bits per heavy atom. The highest BCUT2D eigenvalue weighted by atomic mass is 16.5. The van der Waals surface area contributed by atoms with Crippen LogP contribution >= 0.6 is 0 Å². The Kier molecular flexibility index (Phi) is 4.28. The molecule has 0 saturated heterocycles. The number of aromatic nitrogens is 2. The average Bonchev–Trinajstić information content (AvgIpc) is 3.69. The molecule has 2 aliphatic heterocycles. The van der Waals surface area contributed by atoms with Crippen LogP contribution in [0.1, 0.15) is 5.56 Å². The monoisotopic (exact) mass is 478 g/mol. The summed E-state index contributed by atoms with van der Waals surface area (Å²) >= 11 is 0. The predicted octanol–water partition coefficient (Wildman–Crippen LogP) is 6.73. The van der Waals surface area contributed by atoms with E-state index in [4.69, 9.17) is 14.7 Å². The lowest BCUT2D eigenvalue weighted by atomic mass is 9.98. The highest BCUT2D eigenvalue weighted by Crippen LogP contribution is 2.37. The molecule has 0 bridgehead atoms. The van der Waals surface area contributed by atoms with E-state index in [0.717, 1.165) is 39.1 Å². The molecule has 0 amide bonds. The minimum Gasteiger partial charge on any atom is -0.498 e. The molecule has 37 heavy (non-hydrogen) atoms. The Morgan fingerprint density at radius 3 is 2.35 bits per heavy atom. The predicted molar refractivity (Wildman–Crippen MR) is 150 cm³/mol. The van der Waals surface area contributed by atoms with Crippen molar-refractivity contribution in [2.75, 3.05) is 6.61 Å². The zero-order valence-corrected chi connectivity index (χ0v) is 20.0. The zero-order chi connectivity index (χ0) is 24.3. The highest BCUT2D eigenvalue weighted by molar-refractivity contribution is 6.25. The van der Waals surface area contributed by atoms with Gasteiger partial charge in [0, 0.05) is 39.2 Å².